The lowest BCUT2D eigenvalue weighted by Crippen LogP contribution is -2.69. The number of rotatable bonds is 1. The molecule has 3 aliphatic carbocycles. The third-order valence-corrected chi connectivity index (χ3v) is 6.26. The van der Waals surface area contributed by atoms with E-state index in [4.69, 9.17) is 11.6 Å². The van der Waals surface area contributed by atoms with Gasteiger partial charge in [-0.3, -0.25) is 9.59 Å². The predicted octanol–water partition coefficient (Wildman–Crippen LogP) is 3.10. The fourth-order valence-corrected chi connectivity index (χ4v) is 5.02. The normalized spacial score (nSPS) is 37.9. The van der Waals surface area contributed by atoms with Gasteiger partial charge in [0.15, 0.2) is 0 Å². The summed E-state index contributed by atoms with van der Waals surface area (Å²) in [5.41, 5.74) is 0.479. The van der Waals surface area contributed by atoms with Crippen LogP contribution in [0.4, 0.5) is 5.69 Å². The lowest BCUT2D eigenvalue weighted by Gasteiger charge is -2.60. The zero-order valence-corrected chi connectivity index (χ0v) is 13.6. The maximum Gasteiger partial charge on any atom is 0.307 e. The molecule has 1 spiro atoms. The maximum absolute atomic E-state index is 12.6. The van der Waals surface area contributed by atoms with Crippen molar-refractivity contribution in [1.29, 1.82) is 0 Å². The van der Waals surface area contributed by atoms with Crippen molar-refractivity contribution in [3.05, 3.63) is 28.8 Å². The first-order chi connectivity index (χ1) is 10.8. The van der Waals surface area contributed by atoms with Crippen LogP contribution in [0, 0.1) is 17.3 Å². The SMILES string of the molecule is C[C@@]12CC[C@H](C[C@@H]1C(=O)O)[C@]1(C2)NC(=O)c2cc(Cl)ccc2N1. The Morgan fingerprint density at radius 3 is 2.87 bits per heavy atom. The van der Waals surface area contributed by atoms with Crippen LogP contribution < -0.4 is 10.6 Å². The van der Waals surface area contributed by atoms with Gasteiger partial charge in [0.2, 0.25) is 0 Å². The summed E-state index contributed by atoms with van der Waals surface area (Å²) in [5, 5.41) is 16.7. The summed E-state index contributed by atoms with van der Waals surface area (Å²) in [6, 6.07) is 5.26. The third kappa shape index (κ3) is 2.06. The first kappa shape index (κ1) is 14.8. The second-order valence-corrected chi connectivity index (χ2v) is 7.87. The van der Waals surface area contributed by atoms with Crippen molar-refractivity contribution in [3.63, 3.8) is 0 Å². The maximum atomic E-state index is 12.6. The van der Waals surface area contributed by atoms with E-state index in [1.165, 1.54) is 0 Å². The number of carbonyl (C=O) groups is 2. The Kier molecular flexibility index (Phi) is 2.98. The number of halogens is 1. The van der Waals surface area contributed by atoms with Crippen molar-refractivity contribution in [3.8, 4) is 0 Å². The molecule has 0 saturated heterocycles. The summed E-state index contributed by atoms with van der Waals surface area (Å²) in [6.07, 6.45) is 3.05. The first-order valence-electron chi connectivity index (χ1n) is 7.96. The van der Waals surface area contributed by atoms with E-state index in [1.54, 1.807) is 12.1 Å². The molecule has 5 nitrogen and oxygen atoms in total. The van der Waals surface area contributed by atoms with E-state index in [9.17, 15) is 14.7 Å². The minimum atomic E-state index is -0.721. The number of fused-ring (bicyclic) bond motifs is 3. The summed E-state index contributed by atoms with van der Waals surface area (Å²) in [5.74, 6) is -1.07. The van der Waals surface area contributed by atoms with Gasteiger partial charge in [0.1, 0.15) is 5.66 Å². The average molecular weight is 335 g/mol. The summed E-state index contributed by atoms with van der Waals surface area (Å²) >= 11 is 5.99. The molecule has 0 radical (unpaired) electrons. The number of carboxylic acids is 1. The third-order valence-electron chi connectivity index (χ3n) is 6.02. The van der Waals surface area contributed by atoms with Gasteiger partial charge in [0.25, 0.3) is 5.91 Å². The fourth-order valence-electron chi connectivity index (χ4n) is 4.85. The van der Waals surface area contributed by atoms with Gasteiger partial charge < -0.3 is 15.7 Å². The average Bonchev–Trinajstić information content (AvgIpc) is 2.47. The first-order valence-corrected chi connectivity index (χ1v) is 8.34. The van der Waals surface area contributed by atoms with Crippen LogP contribution in [0.1, 0.15) is 43.0 Å². The highest BCUT2D eigenvalue weighted by Gasteiger charge is 2.60. The smallest absolute Gasteiger partial charge is 0.307 e. The van der Waals surface area contributed by atoms with Crippen molar-refractivity contribution < 1.29 is 14.7 Å². The molecule has 122 valence electrons. The number of hydrogen-bond acceptors (Lipinski definition) is 3. The van der Waals surface area contributed by atoms with Gasteiger partial charge in [-0.1, -0.05) is 18.5 Å². The van der Waals surface area contributed by atoms with Gasteiger partial charge in [0.05, 0.1) is 11.5 Å². The molecule has 6 heteroatoms. The molecule has 3 fully saturated rings. The van der Waals surface area contributed by atoms with E-state index < -0.39 is 11.6 Å². The summed E-state index contributed by atoms with van der Waals surface area (Å²) < 4.78 is 0. The van der Waals surface area contributed by atoms with E-state index in [0.29, 0.717) is 23.4 Å². The van der Waals surface area contributed by atoms with Crippen molar-refractivity contribution in [1.82, 2.24) is 5.32 Å². The molecule has 1 amide bonds. The molecule has 4 atom stereocenters. The molecule has 3 N–H and O–H groups in total. The number of amides is 1. The Morgan fingerprint density at radius 1 is 1.39 bits per heavy atom. The zero-order chi connectivity index (χ0) is 16.4. The van der Waals surface area contributed by atoms with Crippen LogP contribution in [0.3, 0.4) is 0 Å². The van der Waals surface area contributed by atoms with Crippen molar-refractivity contribution in [2.45, 2.75) is 38.3 Å². The summed E-state index contributed by atoms with van der Waals surface area (Å²) in [4.78, 5) is 24.2. The van der Waals surface area contributed by atoms with E-state index in [0.717, 1.165) is 18.5 Å². The number of benzene rings is 1. The minimum Gasteiger partial charge on any atom is -0.481 e. The topological polar surface area (TPSA) is 78.4 Å². The Balaban J connectivity index is 1.73. The number of carbonyl (C=O) groups excluding carboxylic acids is 1. The van der Waals surface area contributed by atoms with E-state index in [2.05, 4.69) is 10.6 Å². The molecule has 1 heterocycles. The monoisotopic (exact) mass is 334 g/mol. The molecule has 4 aliphatic rings. The molecule has 0 unspecified atom stereocenters. The second kappa shape index (κ2) is 4.63. The lowest BCUT2D eigenvalue weighted by molar-refractivity contribution is -0.156. The molecule has 5 rings (SSSR count). The number of hydrogen-bond donors (Lipinski definition) is 3. The Labute approximate surface area is 139 Å². The van der Waals surface area contributed by atoms with E-state index in [1.807, 2.05) is 13.0 Å². The largest absolute Gasteiger partial charge is 0.481 e. The van der Waals surface area contributed by atoms with Crippen LogP contribution in [0.5, 0.6) is 0 Å². The molecule has 23 heavy (non-hydrogen) atoms. The molecule has 1 aromatic carbocycles. The second-order valence-electron chi connectivity index (χ2n) is 7.43. The van der Waals surface area contributed by atoms with E-state index >= 15 is 0 Å². The Morgan fingerprint density at radius 2 is 2.17 bits per heavy atom. The zero-order valence-electron chi connectivity index (χ0n) is 12.9. The minimum absolute atomic E-state index is 0.123. The molecule has 1 aromatic rings. The fraction of sp³-hybridized carbons (Fsp3) is 0.529. The van der Waals surface area contributed by atoms with Crippen molar-refractivity contribution >= 4 is 29.2 Å². The highest BCUT2D eigenvalue weighted by molar-refractivity contribution is 6.31. The molecular weight excluding hydrogens is 316 g/mol. The molecule has 3 saturated carbocycles. The van der Waals surface area contributed by atoms with Crippen molar-refractivity contribution in [2.75, 3.05) is 5.32 Å². The Bertz CT molecular complexity index is 722. The summed E-state index contributed by atoms with van der Waals surface area (Å²) in [7, 11) is 0. The standard InChI is InChI=1S/C17H19ClN2O3/c1-16-5-4-9(6-12(16)15(22)23)17(8-16)19-13-3-2-10(18)7-11(13)14(21)20-17/h2-3,7,9,12,19H,4-6,8H2,1H3,(H,20,21)(H,22,23)/t9-,12-,16+,17+/m1/s1. The predicted molar refractivity (Wildman–Crippen MR) is 86.5 cm³/mol. The van der Waals surface area contributed by atoms with Crippen LogP contribution in [0.2, 0.25) is 5.02 Å². The number of nitrogens with one attached hydrogen (secondary N) is 2. The quantitative estimate of drug-likeness (QED) is 0.737. The van der Waals surface area contributed by atoms with Gasteiger partial charge in [-0.15, -0.1) is 0 Å². The number of aliphatic carboxylic acids is 1. The van der Waals surface area contributed by atoms with Gasteiger partial charge in [0, 0.05) is 16.6 Å². The molecule has 2 bridgehead atoms. The molecule has 0 aromatic heterocycles. The molecular formula is C17H19ClN2O3. The van der Waals surface area contributed by atoms with Crippen LogP contribution in [-0.4, -0.2) is 22.6 Å². The highest BCUT2D eigenvalue weighted by Crippen LogP contribution is 2.58. The van der Waals surface area contributed by atoms with Crippen LogP contribution in [0.25, 0.3) is 0 Å². The highest BCUT2D eigenvalue weighted by atomic mass is 35.5. The lowest BCUT2D eigenvalue weighted by atomic mass is 9.51. The van der Waals surface area contributed by atoms with Crippen LogP contribution >= 0.6 is 11.6 Å². The van der Waals surface area contributed by atoms with Gasteiger partial charge in [-0.05, 0) is 49.3 Å². The van der Waals surface area contributed by atoms with Gasteiger partial charge in [-0.2, -0.15) is 0 Å². The Hall–Kier alpha value is -1.75. The summed E-state index contributed by atoms with van der Waals surface area (Å²) in [6.45, 7) is 2.04. The number of anilines is 1. The van der Waals surface area contributed by atoms with Crippen molar-refractivity contribution in [2.24, 2.45) is 17.3 Å². The van der Waals surface area contributed by atoms with Gasteiger partial charge >= 0.3 is 5.97 Å². The molecule has 1 aliphatic heterocycles. The van der Waals surface area contributed by atoms with Gasteiger partial charge in [-0.25, -0.2) is 0 Å². The number of carboxylic acid groups (broad SMARTS) is 1. The van der Waals surface area contributed by atoms with Crippen LogP contribution in [0.15, 0.2) is 18.2 Å². The van der Waals surface area contributed by atoms with Crippen LogP contribution in [-0.2, 0) is 4.79 Å². The van der Waals surface area contributed by atoms with E-state index in [-0.39, 0.29) is 23.2 Å².